The first-order chi connectivity index (χ1) is 11.3. The molecule has 4 aromatic rings. The van der Waals surface area contributed by atoms with Crippen molar-refractivity contribution in [3.8, 4) is 17.2 Å². The zero-order valence-corrected chi connectivity index (χ0v) is 12.7. The van der Waals surface area contributed by atoms with E-state index in [2.05, 4.69) is 15.2 Å². The second kappa shape index (κ2) is 5.78. The van der Waals surface area contributed by atoms with E-state index in [1.807, 2.05) is 42.6 Å². The highest BCUT2D eigenvalue weighted by Crippen LogP contribution is 2.26. The maximum absolute atomic E-state index is 5.87. The molecule has 0 atom stereocenters. The molecule has 0 unspecified atom stereocenters. The van der Waals surface area contributed by atoms with Crippen LogP contribution in [0.5, 0.6) is 5.75 Å². The van der Waals surface area contributed by atoms with Gasteiger partial charge in [-0.2, -0.15) is 0 Å². The molecule has 0 saturated carbocycles. The third kappa shape index (κ3) is 2.78. The first-order valence-corrected chi connectivity index (χ1v) is 7.44. The molecule has 6 heteroatoms. The Kier molecular flexibility index (Phi) is 3.48. The Labute approximate surface area is 136 Å². The number of aromatic amines is 1. The second-order valence-electron chi connectivity index (χ2n) is 5.00. The number of halogens is 1. The number of ether oxygens (including phenoxy) is 1. The van der Waals surface area contributed by atoms with Crippen molar-refractivity contribution in [3.05, 3.63) is 65.6 Å². The first kappa shape index (κ1) is 13.8. The van der Waals surface area contributed by atoms with Crippen molar-refractivity contribution < 1.29 is 9.15 Å². The molecule has 23 heavy (non-hydrogen) atoms. The van der Waals surface area contributed by atoms with E-state index in [1.54, 1.807) is 12.1 Å². The number of nitrogens with one attached hydrogen (secondary N) is 1. The van der Waals surface area contributed by atoms with Gasteiger partial charge in [-0.05, 0) is 36.4 Å². The fourth-order valence-corrected chi connectivity index (χ4v) is 2.45. The van der Waals surface area contributed by atoms with Crippen molar-refractivity contribution in [2.45, 2.75) is 6.61 Å². The van der Waals surface area contributed by atoms with Gasteiger partial charge in [0.15, 0.2) is 6.61 Å². The summed E-state index contributed by atoms with van der Waals surface area (Å²) in [5, 5.41) is 9.72. The van der Waals surface area contributed by atoms with E-state index in [0.29, 0.717) is 16.8 Å². The summed E-state index contributed by atoms with van der Waals surface area (Å²) >= 11 is 5.87. The van der Waals surface area contributed by atoms with Crippen LogP contribution >= 0.6 is 11.6 Å². The highest BCUT2D eigenvalue weighted by Gasteiger charge is 2.10. The number of nitrogens with zero attached hydrogens (tertiary/aromatic N) is 2. The number of rotatable bonds is 4. The molecule has 1 N–H and O–H groups in total. The van der Waals surface area contributed by atoms with E-state index in [-0.39, 0.29) is 6.61 Å². The van der Waals surface area contributed by atoms with Crippen molar-refractivity contribution >= 4 is 22.5 Å². The van der Waals surface area contributed by atoms with E-state index < -0.39 is 0 Å². The summed E-state index contributed by atoms with van der Waals surface area (Å²) in [5.41, 5.74) is 1.84. The lowest BCUT2D eigenvalue weighted by atomic mass is 10.2. The Morgan fingerprint density at radius 2 is 1.87 bits per heavy atom. The van der Waals surface area contributed by atoms with Gasteiger partial charge in [0.2, 0.25) is 5.89 Å². The summed E-state index contributed by atoms with van der Waals surface area (Å²) in [7, 11) is 0. The molecule has 0 radical (unpaired) electrons. The molecule has 2 aromatic heterocycles. The number of fused-ring (bicyclic) bond motifs is 1. The molecule has 2 aromatic carbocycles. The minimum atomic E-state index is 0.211. The Morgan fingerprint density at radius 1 is 1.04 bits per heavy atom. The topological polar surface area (TPSA) is 63.9 Å². The highest BCUT2D eigenvalue weighted by atomic mass is 35.5. The van der Waals surface area contributed by atoms with Crippen LogP contribution < -0.4 is 4.74 Å². The van der Waals surface area contributed by atoms with Crippen molar-refractivity contribution in [3.63, 3.8) is 0 Å². The number of para-hydroxylation sites is 1. The van der Waals surface area contributed by atoms with E-state index in [1.165, 1.54) is 0 Å². The van der Waals surface area contributed by atoms with E-state index >= 15 is 0 Å². The van der Waals surface area contributed by atoms with Crippen molar-refractivity contribution in [1.29, 1.82) is 0 Å². The molecule has 114 valence electrons. The maximum atomic E-state index is 5.87. The fourth-order valence-electron chi connectivity index (χ4n) is 2.32. The zero-order valence-electron chi connectivity index (χ0n) is 12.0. The van der Waals surface area contributed by atoms with Gasteiger partial charge in [0.1, 0.15) is 5.75 Å². The Morgan fingerprint density at radius 3 is 2.74 bits per heavy atom. The highest BCUT2D eigenvalue weighted by molar-refractivity contribution is 6.30. The summed E-state index contributed by atoms with van der Waals surface area (Å²) in [5.74, 6) is 1.62. The summed E-state index contributed by atoms with van der Waals surface area (Å²) in [6, 6.07) is 15.2. The lowest BCUT2D eigenvalue weighted by molar-refractivity contribution is 0.267. The molecule has 0 bridgehead atoms. The molecular weight excluding hydrogens is 314 g/mol. The number of aromatic nitrogens is 3. The average molecular weight is 326 g/mol. The first-order valence-electron chi connectivity index (χ1n) is 7.07. The minimum absolute atomic E-state index is 0.211. The SMILES string of the molecule is Clc1ccc(-c2nnc(COc3c[nH]c4ccccc34)o2)cc1. The minimum Gasteiger partial charge on any atom is -0.482 e. The van der Waals surface area contributed by atoms with Gasteiger partial charge in [0.05, 0.1) is 0 Å². The van der Waals surface area contributed by atoms with Gasteiger partial charge in [-0.1, -0.05) is 23.7 Å². The molecule has 0 saturated heterocycles. The quantitative estimate of drug-likeness (QED) is 0.602. The lowest BCUT2D eigenvalue weighted by Gasteiger charge is -2.00. The van der Waals surface area contributed by atoms with Crippen LogP contribution in [0.3, 0.4) is 0 Å². The van der Waals surface area contributed by atoms with Crippen LogP contribution in [-0.4, -0.2) is 15.2 Å². The number of hydrogen-bond acceptors (Lipinski definition) is 4. The van der Waals surface area contributed by atoms with Crippen molar-refractivity contribution in [2.75, 3.05) is 0 Å². The predicted octanol–water partition coefficient (Wildman–Crippen LogP) is 4.45. The predicted molar refractivity (Wildman–Crippen MR) is 87.4 cm³/mol. The summed E-state index contributed by atoms with van der Waals surface area (Å²) < 4.78 is 11.4. The van der Waals surface area contributed by atoms with Crippen LogP contribution in [0, 0.1) is 0 Å². The van der Waals surface area contributed by atoms with Crippen LogP contribution in [-0.2, 0) is 6.61 Å². The molecule has 0 aliphatic heterocycles. The molecule has 5 nitrogen and oxygen atoms in total. The second-order valence-corrected chi connectivity index (χ2v) is 5.43. The molecule has 0 aliphatic carbocycles. The Balaban J connectivity index is 1.51. The smallest absolute Gasteiger partial charge is 0.254 e. The molecule has 4 rings (SSSR count). The summed E-state index contributed by atoms with van der Waals surface area (Å²) in [4.78, 5) is 3.16. The standard InChI is InChI=1S/C17H12ClN3O2/c18-12-7-5-11(6-8-12)17-21-20-16(23-17)10-22-15-9-19-14-4-2-1-3-13(14)15/h1-9,19H,10H2. The van der Waals surface area contributed by atoms with E-state index in [0.717, 1.165) is 22.2 Å². The van der Waals surface area contributed by atoms with Gasteiger partial charge < -0.3 is 14.1 Å². The van der Waals surface area contributed by atoms with Crippen molar-refractivity contribution in [1.82, 2.24) is 15.2 Å². The van der Waals surface area contributed by atoms with Gasteiger partial charge in [-0.25, -0.2) is 0 Å². The molecule has 0 spiro atoms. The number of benzene rings is 2. The van der Waals surface area contributed by atoms with Crippen LogP contribution in [0.25, 0.3) is 22.4 Å². The largest absolute Gasteiger partial charge is 0.482 e. The molecule has 0 amide bonds. The Bertz CT molecular complexity index is 944. The number of hydrogen-bond donors (Lipinski definition) is 1. The van der Waals surface area contributed by atoms with Crippen molar-refractivity contribution in [2.24, 2.45) is 0 Å². The van der Waals surface area contributed by atoms with Gasteiger partial charge >= 0.3 is 0 Å². The van der Waals surface area contributed by atoms with Gasteiger partial charge in [-0.3, -0.25) is 0 Å². The monoisotopic (exact) mass is 325 g/mol. The third-order valence-electron chi connectivity index (χ3n) is 3.46. The lowest BCUT2D eigenvalue weighted by Crippen LogP contribution is -1.94. The maximum Gasteiger partial charge on any atom is 0.254 e. The van der Waals surface area contributed by atoms with E-state index in [4.69, 9.17) is 20.8 Å². The van der Waals surface area contributed by atoms with Crippen LogP contribution in [0.2, 0.25) is 5.02 Å². The van der Waals surface area contributed by atoms with Gasteiger partial charge in [-0.15, -0.1) is 10.2 Å². The van der Waals surface area contributed by atoms with E-state index in [9.17, 15) is 0 Å². The van der Waals surface area contributed by atoms with Crippen LogP contribution in [0.1, 0.15) is 5.89 Å². The molecule has 2 heterocycles. The van der Waals surface area contributed by atoms with Gasteiger partial charge in [0.25, 0.3) is 5.89 Å². The Hall–Kier alpha value is -2.79. The molecule has 0 aliphatic rings. The third-order valence-corrected chi connectivity index (χ3v) is 3.71. The van der Waals surface area contributed by atoms with Crippen LogP contribution in [0.15, 0.2) is 59.1 Å². The number of H-pyrrole nitrogens is 1. The normalized spacial score (nSPS) is 11.0. The summed E-state index contributed by atoms with van der Waals surface area (Å²) in [6.45, 7) is 0.211. The molecular formula is C17H12ClN3O2. The zero-order chi connectivity index (χ0) is 15.6. The molecule has 0 fully saturated rings. The van der Waals surface area contributed by atoms with Gasteiger partial charge in [0, 0.05) is 27.7 Å². The average Bonchev–Trinajstić information content (AvgIpc) is 3.20. The fraction of sp³-hybridized carbons (Fsp3) is 0.0588. The van der Waals surface area contributed by atoms with Crippen LogP contribution in [0.4, 0.5) is 0 Å². The summed E-state index contributed by atoms with van der Waals surface area (Å²) in [6.07, 6.45) is 1.82.